The number of anilines is 1. The Kier molecular flexibility index (Phi) is 19.7. The molecule has 1 saturated heterocycles. The van der Waals surface area contributed by atoms with E-state index in [-0.39, 0.29) is 17.9 Å². The highest BCUT2D eigenvalue weighted by atomic mass is 32.2. The molecule has 280 valence electrons. The molecular weight excluding hydrogens is 684 g/mol. The molecule has 0 saturated carbocycles. The lowest BCUT2D eigenvalue weighted by Gasteiger charge is -2.22. The number of carbonyl (C=O) groups excluding carboxylic acids is 2. The van der Waals surface area contributed by atoms with E-state index in [2.05, 4.69) is 33.6 Å². The number of hydrogen-bond donors (Lipinski definition) is 2. The number of rotatable bonds is 8. The molecule has 1 aliphatic rings. The van der Waals surface area contributed by atoms with Crippen molar-refractivity contribution in [3.8, 4) is 39.9 Å². The molecule has 5 rings (SSSR count). The van der Waals surface area contributed by atoms with E-state index >= 15 is 4.39 Å². The van der Waals surface area contributed by atoms with Gasteiger partial charge in [0.2, 0.25) is 0 Å². The van der Waals surface area contributed by atoms with Gasteiger partial charge in [0.25, 0.3) is 6.71 Å². The van der Waals surface area contributed by atoms with Crippen LogP contribution in [0.3, 0.4) is 0 Å². The molecule has 2 aromatic heterocycles. The van der Waals surface area contributed by atoms with Gasteiger partial charge >= 0.3 is 0 Å². The molecule has 4 aromatic rings. The fourth-order valence-corrected chi connectivity index (χ4v) is 5.51. The van der Waals surface area contributed by atoms with Gasteiger partial charge in [-0.25, -0.2) is 19.6 Å². The standard InChI is InChI=1S/C30H31BFN5O2S.C5H12O.CH4O.2CH2O/c1-30(2,3)36-29-28(27-14-25(37-39-27)23-10-5-19(13-24(23)32)15-31(4)18-33)35-26(16-34-29)20-6-8-21(9-7-20)40-22-11-12-38-17-22;1-5(2,3)6-4;3*1-2/h5-10,13-14,16,22H,11-12,15,17H2,1-4H3,(H,34,36);1-4H3;2H,1H3;2*1H2. The van der Waals surface area contributed by atoms with E-state index in [0.717, 1.165) is 37.9 Å². The van der Waals surface area contributed by atoms with Crippen LogP contribution in [0, 0.1) is 17.0 Å². The van der Waals surface area contributed by atoms with Gasteiger partial charge in [-0.05, 0) is 78.5 Å². The number of nitriles is 1. The summed E-state index contributed by atoms with van der Waals surface area (Å²) in [6.45, 7) is 19.4. The summed E-state index contributed by atoms with van der Waals surface area (Å²) in [5.74, 6) is 2.69. The van der Waals surface area contributed by atoms with E-state index in [1.807, 2.05) is 91.9 Å². The normalized spacial score (nSPS) is 13.3. The minimum absolute atomic E-state index is 0.0417. The summed E-state index contributed by atoms with van der Waals surface area (Å²) in [4.78, 5) is 26.8. The molecule has 1 unspecified atom stereocenters. The maximum Gasteiger partial charge on any atom is 0.269 e. The average molecular weight is 736 g/mol. The van der Waals surface area contributed by atoms with Crippen LogP contribution < -0.4 is 5.32 Å². The zero-order valence-electron chi connectivity index (χ0n) is 31.7. The van der Waals surface area contributed by atoms with Gasteiger partial charge in [-0.3, -0.25) is 0 Å². The first-order valence-electron chi connectivity index (χ1n) is 16.5. The van der Waals surface area contributed by atoms with Crippen LogP contribution in [0.15, 0.2) is 64.1 Å². The molecule has 0 radical (unpaired) electrons. The largest absolute Gasteiger partial charge is 0.400 e. The van der Waals surface area contributed by atoms with Gasteiger partial charge in [-0.2, -0.15) is 0 Å². The fourth-order valence-electron chi connectivity index (χ4n) is 4.46. The first kappa shape index (κ1) is 45.6. The van der Waals surface area contributed by atoms with Crippen molar-refractivity contribution in [1.29, 1.82) is 5.26 Å². The van der Waals surface area contributed by atoms with Crippen LogP contribution in [0.25, 0.3) is 34.0 Å². The van der Waals surface area contributed by atoms with Crippen molar-refractivity contribution in [2.45, 2.75) is 82.4 Å². The molecule has 1 fully saturated rings. The Hall–Kier alpha value is -4.42. The van der Waals surface area contributed by atoms with Crippen LogP contribution >= 0.6 is 11.8 Å². The smallest absolute Gasteiger partial charge is 0.269 e. The number of halogens is 1. The number of benzene rings is 2. The highest BCUT2D eigenvalue weighted by Gasteiger charge is 2.22. The molecular formula is C38H51BFN5O6S. The molecule has 0 aliphatic carbocycles. The molecule has 1 atom stereocenters. The van der Waals surface area contributed by atoms with Crippen LogP contribution in [0.5, 0.6) is 0 Å². The lowest BCUT2D eigenvalue weighted by molar-refractivity contribution is -0.0987. The van der Waals surface area contributed by atoms with E-state index in [0.29, 0.717) is 45.8 Å². The lowest BCUT2D eigenvalue weighted by atomic mass is 9.50. The molecule has 11 nitrogen and oxygen atoms in total. The van der Waals surface area contributed by atoms with Crippen molar-refractivity contribution in [1.82, 2.24) is 15.1 Å². The van der Waals surface area contributed by atoms with Crippen LogP contribution in [0.2, 0.25) is 6.82 Å². The summed E-state index contributed by atoms with van der Waals surface area (Å²) in [7, 11) is 2.71. The summed E-state index contributed by atoms with van der Waals surface area (Å²) in [6.07, 6.45) is 3.29. The maximum atomic E-state index is 15.0. The predicted octanol–water partition coefficient (Wildman–Crippen LogP) is 7.64. The highest BCUT2D eigenvalue weighted by Crippen LogP contribution is 2.34. The maximum absolute atomic E-state index is 15.0. The van der Waals surface area contributed by atoms with Crippen LogP contribution in [0.1, 0.15) is 53.5 Å². The molecule has 1 aliphatic heterocycles. The van der Waals surface area contributed by atoms with E-state index in [1.165, 1.54) is 11.0 Å². The van der Waals surface area contributed by atoms with Gasteiger partial charge < -0.3 is 34.0 Å². The van der Waals surface area contributed by atoms with Crippen molar-refractivity contribution >= 4 is 37.9 Å². The second-order valence-electron chi connectivity index (χ2n) is 13.4. The number of aliphatic hydroxyl groups is 1. The summed E-state index contributed by atoms with van der Waals surface area (Å²) in [5.41, 5.74) is 3.31. The van der Waals surface area contributed by atoms with Crippen LogP contribution in [-0.2, 0) is 25.4 Å². The number of thioether (sulfide) groups is 1. The third-order valence-corrected chi connectivity index (χ3v) is 8.28. The number of carbonyl (C=O) groups is 2. The number of aliphatic hydroxyl groups excluding tert-OH is 1. The zero-order chi connectivity index (χ0) is 39.5. The van der Waals surface area contributed by atoms with Gasteiger partial charge in [0.1, 0.15) is 25.1 Å². The van der Waals surface area contributed by atoms with Crippen molar-refractivity contribution < 1.29 is 33.1 Å². The van der Waals surface area contributed by atoms with E-state index < -0.39 is 5.82 Å². The number of ether oxygens (including phenoxy) is 2. The first-order valence-corrected chi connectivity index (χ1v) is 17.4. The third kappa shape index (κ3) is 15.1. The van der Waals surface area contributed by atoms with E-state index in [9.17, 15) is 0 Å². The van der Waals surface area contributed by atoms with Gasteiger partial charge in [0.05, 0.1) is 24.1 Å². The Labute approximate surface area is 311 Å². The Morgan fingerprint density at radius 2 is 1.69 bits per heavy atom. The van der Waals surface area contributed by atoms with Gasteiger partial charge in [0, 0.05) is 59.7 Å². The molecule has 0 spiro atoms. The molecule has 52 heavy (non-hydrogen) atoms. The number of aromatic nitrogens is 3. The Balaban J connectivity index is 0.000000997. The fraction of sp³-hybridized carbons (Fsp3) is 0.421. The Morgan fingerprint density at radius 1 is 1.06 bits per heavy atom. The van der Waals surface area contributed by atoms with Crippen molar-refractivity contribution in [2.24, 2.45) is 0 Å². The minimum Gasteiger partial charge on any atom is -0.400 e. The Morgan fingerprint density at radius 3 is 2.21 bits per heavy atom. The topological polar surface area (TPSA) is 160 Å². The molecule has 0 amide bonds. The Bertz CT molecular complexity index is 1680. The second kappa shape index (κ2) is 22.5. The van der Waals surface area contributed by atoms with Crippen LogP contribution in [-0.4, -0.2) is 84.3 Å². The zero-order valence-corrected chi connectivity index (χ0v) is 32.5. The summed E-state index contributed by atoms with van der Waals surface area (Å²) in [5, 5.41) is 24.1. The minimum atomic E-state index is -0.419. The molecule has 2 aromatic carbocycles. The number of hydrogen-bond acceptors (Lipinski definition) is 12. The predicted molar refractivity (Wildman–Crippen MR) is 207 cm³/mol. The third-order valence-electron chi connectivity index (χ3n) is 7.03. The van der Waals surface area contributed by atoms with Crippen LogP contribution in [0.4, 0.5) is 10.2 Å². The quantitative estimate of drug-likeness (QED) is 0.171. The number of nitrogens with zero attached hydrogens (tertiary/aromatic N) is 4. The van der Waals surface area contributed by atoms with Gasteiger partial charge in [0.15, 0.2) is 17.3 Å². The molecule has 14 heteroatoms. The molecule has 0 bridgehead atoms. The SMILES string of the molecule is C=O.C=O.CB(C#N)Cc1ccc(-c2cc(-c3nc(-c4ccc(SC5CCOC5)cc4)cnc3NC(C)(C)C)on2)c(F)c1.CO.COC(C)(C)C. The second-order valence-corrected chi connectivity index (χ2v) is 14.8. The molecule has 2 N–H and O–H groups in total. The molecule has 3 heterocycles. The average Bonchev–Trinajstić information content (AvgIpc) is 3.84. The number of methoxy groups -OCH3 is 1. The first-order chi connectivity index (χ1) is 24.7. The van der Waals surface area contributed by atoms with Crippen molar-refractivity contribution in [2.75, 3.05) is 32.8 Å². The van der Waals surface area contributed by atoms with Crippen molar-refractivity contribution in [3.63, 3.8) is 0 Å². The highest BCUT2D eigenvalue weighted by molar-refractivity contribution is 8.00. The van der Waals surface area contributed by atoms with Gasteiger partial charge in [-0.15, -0.1) is 11.8 Å². The van der Waals surface area contributed by atoms with E-state index in [4.69, 9.17) is 38.9 Å². The lowest BCUT2D eigenvalue weighted by Crippen LogP contribution is -2.27. The number of nitrogens with one attached hydrogen (secondary N) is 1. The monoisotopic (exact) mass is 735 g/mol. The van der Waals surface area contributed by atoms with Gasteiger partial charge in [-0.1, -0.05) is 35.7 Å². The summed E-state index contributed by atoms with van der Waals surface area (Å²) < 4.78 is 31.2. The van der Waals surface area contributed by atoms with Crippen molar-refractivity contribution in [3.05, 3.63) is 66.1 Å². The summed E-state index contributed by atoms with van der Waals surface area (Å²) >= 11 is 1.83. The van der Waals surface area contributed by atoms with E-state index in [1.54, 1.807) is 25.4 Å². The summed E-state index contributed by atoms with van der Waals surface area (Å²) in [6, 6.07) is 14.9.